The molecule has 0 saturated heterocycles. The molecule has 0 spiro atoms. The lowest BCUT2D eigenvalue weighted by atomic mass is 10.1. The fraction of sp³-hybridized carbons (Fsp3) is 0.200. The number of ketones is 1. The van der Waals surface area contributed by atoms with Gasteiger partial charge in [0.1, 0.15) is 11.3 Å². The Morgan fingerprint density at radius 3 is 2.20 bits per heavy atom. The number of hydrogen-bond acceptors (Lipinski definition) is 3. The normalized spacial score (nSPS) is 10.6. The van der Waals surface area contributed by atoms with Crippen LogP contribution in [0, 0.1) is 13.8 Å². The SMILES string of the molecule is CC(=O)c1cc(C)n(-c2ccc(C(=O)O)c(O)c2)c1C. The first-order valence-corrected chi connectivity index (χ1v) is 6.09. The van der Waals surface area contributed by atoms with Crippen LogP contribution >= 0.6 is 0 Å². The number of aromatic hydroxyl groups is 1. The van der Waals surface area contributed by atoms with Gasteiger partial charge in [-0.3, -0.25) is 4.79 Å². The van der Waals surface area contributed by atoms with E-state index in [0.717, 1.165) is 11.4 Å². The molecule has 0 aliphatic carbocycles. The third-order valence-electron chi connectivity index (χ3n) is 3.28. The van der Waals surface area contributed by atoms with E-state index in [4.69, 9.17) is 5.11 Å². The molecule has 0 fully saturated rings. The van der Waals surface area contributed by atoms with Crippen molar-refractivity contribution in [1.82, 2.24) is 4.57 Å². The molecule has 0 aliphatic rings. The second-order valence-electron chi connectivity index (χ2n) is 4.68. The summed E-state index contributed by atoms with van der Waals surface area (Å²) in [4.78, 5) is 22.4. The molecule has 0 atom stereocenters. The number of carboxylic acids is 1. The van der Waals surface area contributed by atoms with Crippen LogP contribution in [0.15, 0.2) is 24.3 Å². The van der Waals surface area contributed by atoms with E-state index in [1.165, 1.54) is 19.1 Å². The van der Waals surface area contributed by atoms with Gasteiger partial charge in [-0.15, -0.1) is 0 Å². The Bertz CT molecular complexity index is 713. The number of rotatable bonds is 3. The molecule has 1 aromatic heterocycles. The second-order valence-corrected chi connectivity index (χ2v) is 4.68. The van der Waals surface area contributed by atoms with E-state index in [0.29, 0.717) is 11.3 Å². The fourth-order valence-corrected chi connectivity index (χ4v) is 2.36. The Hall–Kier alpha value is -2.56. The van der Waals surface area contributed by atoms with Crippen LogP contribution in [0.1, 0.15) is 39.0 Å². The molecule has 1 aromatic carbocycles. The molecule has 2 aromatic rings. The smallest absolute Gasteiger partial charge is 0.339 e. The molecule has 5 heteroatoms. The van der Waals surface area contributed by atoms with Crippen molar-refractivity contribution in [3.05, 3.63) is 46.8 Å². The van der Waals surface area contributed by atoms with E-state index in [-0.39, 0.29) is 17.1 Å². The summed E-state index contributed by atoms with van der Waals surface area (Å²) in [6, 6.07) is 6.11. The molecule has 0 saturated carbocycles. The van der Waals surface area contributed by atoms with Crippen molar-refractivity contribution in [2.24, 2.45) is 0 Å². The minimum Gasteiger partial charge on any atom is -0.507 e. The lowest BCUT2D eigenvalue weighted by Crippen LogP contribution is -2.03. The largest absolute Gasteiger partial charge is 0.507 e. The number of carboxylic acid groups (broad SMARTS) is 1. The first kappa shape index (κ1) is 13.9. The summed E-state index contributed by atoms with van der Waals surface area (Å²) < 4.78 is 1.81. The standard InChI is InChI=1S/C15H15NO4/c1-8-6-13(10(3)17)9(2)16(8)11-4-5-12(15(19)20)14(18)7-11/h4-7,18H,1-3H3,(H,19,20). The Labute approximate surface area is 116 Å². The monoisotopic (exact) mass is 273 g/mol. The molecular weight excluding hydrogens is 258 g/mol. The van der Waals surface area contributed by atoms with Crippen molar-refractivity contribution in [3.8, 4) is 11.4 Å². The Kier molecular flexibility index (Phi) is 3.36. The molecule has 0 aliphatic heterocycles. The zero-order chi connectivity index (χ0) is 15.0. The molecular formula is C15H15NO4. The van der Waals surface area contributed by atoms with Gasteiger partial charge in [0, 0.05) is 28.7 Å². The van der Waals surface area contributed by atoms with Gasteiger partial charge in [0.05, 0.1) is 0 Å². The quantitative estimate of drug-likeness (QED) is 0.843. The summed E-state index contributed by atoms with van der Waals surface area (Å²) >= 11 is 0. The van der Waals surface area contributed by atoms with E-state index in [2.05, 4.69) is 0 Å². The zero-order valence-electron chi connectivity index (χ0n) is 11.5. The van der Waals surface area contributed by atoms with Crippen LogP contribution in [0.3, 0.4) is 0 Å². The first-order chi connectivity index (χ1) is 9.32. The van der Waals surface area contributed by atoms with Crippen molar-refractivity contribution in [2.45, 2.75) is 20.8 Å². The summed E-state index contributed by atoms with van der Waals surface area (Å²) in [6.07, 6.45) is 0. The van der Waals surface area contributed by atoms with Crippen molar-refractivity contribution in [2.75, 3.05) is 0 Å². The van der Waals surface area contributed by atoms with Crippen molar-refractivity contribution in [1.29, 1.82) is 0 Å². The van der Waals surface area contributed by atoms with Gasteiger partial charge >= 0.3 is 5.97 Å². The van der Waals surface area contributed by atoms with Crippen LogP contribution in [0.2, 0.25) is 0 Å². The maximum atomic E-state index is 11.5. The summed E-state index contributed by atoms with van der Waals surface area (Å²) in [6.45, 7) is 5.16. The second kappa shape index (κ2) is 4.85. The van der Waals surface area contributed by atoms with E-state index < -0.39 is 5.97 Å². The summed E-state index contributed by atoms with van der Waals surface area (Å²) in [5.74, 6) is -1.51. The van der Waals surface area contributed by atoms with E-state index in [1.54, 1.807) is 12.1 Å². The molecule has 1 heterocycles. The van der Waals surface area contributed by atoms with Crippen molar-refractivity contribution in [3.63, 3.8) is 0 Å². The number of hydrogen-bond donors (Lipinski definition) is 2. The van der Waals surface area contributed by atoms with E-state index >= 15 is 0 Å². The van der Waals surface area contributed by atoms with Gasteiger partial charge in [-0.2, -0.15) is 0 Å². The van der Waals surface area contributed by atoms with Crippen molar-refractivity contribution < 1.29 is 19.8 Å². The summed E-state index contributed by atoms with van der Waals surface area (Å²) in [5, 5.41) is 18.7. The van der Waals surface area contributed by atoms with Gasteiger partial charge < -0.3 is 14.8 Å². The van der Waals surface area contributed by atoms with E-state index in [1.807, 2.05) is 18.4 Å². The van der Waals surface area contributed by atoms with Crippen molar-refractivity contribution >= 4 is 11.8 Å². The van der Waals surface area contributed by atoms with Crippen LogP contribution in [-0.2, 0) is 0 Å². The minimum absolute atomic E-state index is 0.0317. The highest BCUT2D eigenvalue weighted by molar-refractivity contribution is 5.96. The molecule has 2 N–H and O–H groups in total. The molecule has 104 valence electrons. The zero-order valence-corrected chi connectivity index (χ0v) is 11.5. The number of nitrogens with zero attached hydrogens (tertiary/aromatic N) is 1. The highest BCUT2D eigenvalue weighted by atomic mass is 16.4. The summed E-state index contributed by atoms with van der Waals surface area (Å²) in [7, 11) is 0. The number of carbonyl (C=O) groups is 2. The third-order valence-corrected chi connectivity index (χ3v) is 3.28. The number of aromatic carboxylic acids is 1. The number of Topliss-reactive ketones (excluding diaryl/α,β-unsaturated/α-hetero) is 1. The molecule has 2 rings (SSSR count). The predicted molar refractivity (Wildman–Crippen MR) is 73.9 cm³/mol. The van der Waals surface area contributed by atoms with Crippen LogP contribution in [0.4, 0.5) is 0 Å². The number of benzene rings is 1. The number of carbonyl (C=O) groups excluding carboxylic acids is 1. The average molecular weight is 273 g/mol. The number of aromatic nitrogens is 1. The third kappa shape index (κ3) is 2.18. The average Bonchev–Trinajstić information content (AvgIpc) is 2.64. The van der Waals surface area contributed by atoms with Gasteiger partial charge in [0.25, 0.3) is 0 Å². The molecule has 5 nitrogen and oxygen atoms in total. The maximum absolute atomic E-state index is 11.5. The van der Waals surface area contributed by atoms with Gasteiger partial charge in [-0.05, 0) is 39.0 Å². The van der Waals surface area contributed by atoms with Gasteiger partial charge in [0.2, 0.25) is 0 Å². The Morgan fingerprint density at radius 2 is 1.75 bits per heavy atom. The lowest BCUT2D eigenvalue weighted by molar-refractivity contribution is 0.0693. The van der Waals surface area contributed by atoms with Crippen LogP contribution in [0.25, 0.3) is 5.69 Å². The van der Waals surface area contributed by atoms with E-state index in [9.17, 15) is 14.7 Å². The van der Waals surface area contributed by atoms with Gasteiger partial charge in [0.15, 0.2) is 5.78 Å². The van der Waals surface area contributed by atoms with Crippen LogP contribution in [0.5, 0.6) is 5.75 Å². The highest BCUT2D eigenvalue weighted by Crippen LogP contribution is 2.26. The number of aryl methyl sites for hydroxylation is 1. The number of phenols is 1. The highest BCUT2D eigenvalue weighted by Gasteiger charge is 2.16. The minimum atomic E-state index is -1.18. The maximum Gasteiger partial charge on any atom is 0.339 e. The Balaban J connectivity index is 2.61. The molecule has 0 unspecified atom stereocenters. The van der Waals surface area contributed by atoms with Crippen LogP contribution < -0.4 is 0 Å². The molecule has 0 bridgehead atoms. The van der Waals surface area contributed by atoms with Gasteiger partial charge in [-0.1, -0.05) is 0 Å². The van der Waals surface area contributed by atoms with Gasteiger partial charge in [-0.25, -0.2) is 4.79 Å². The summed E-state index contributed by atoms with van der Waals surface area (Å²) in [5.41, 5.74) is 2.69. The molecule has 20 heavy (non-hydrogen) atoms. The topological polar surface area (TPSA) is 79.5 Å². The molecule has 0 radical (unpaired) electrons. The fourth-order valence-electron chi connectivity index (χ4n) is 2.36. The lowest BCUT2D eigenvalue weighted by Gasteiger charge is -2.11. The predicted octanol–water partition coefficient (Wildman–Crippen LogP) is 2.70. The first-order valence-electron chi connectivity index (χ1n) is 6.09. The Morgan fingerprint density at radius 1 is 1.10 bits per heavy atom. The van der Waals surface area contributed by atoms with Crippen LogP contribution in [-0.4, -0.2) is 26.5 Å². The molecule has 0 amide bonds.